The Morgan fingerprint density at radius 1 is 1.22 bits per heavy atom. The average Bonchev–Trinajstić information content (AvgIpc) is 2.86. The van der Waals surface area contributed by atoms with Crippen molar-refractivity contribution in [3.05, 3.63) is 46.8 Å². The van der Waals surface area contributed by atoms with Crippen LogP contribution in [0.3, 0.4) is 0 Å². The van der Waals surface area contributed by atoms with Crippen LogP contribution in [0.5, 0.6) is 5.75 Å². The lowest BCUT2D eigenvalue weighted by atomic mass is 9.93. The molecular formula is C21H27N3O3. The number of nitrogens with zero attached hydrogens (tertiary/aromatic N) is 3. The number of rotatable bonds is 2. The fourth-order valence-electron chi connectivity index (χ4n) is 4.23. The largest absolute Gasteiger partial charge is 0.485 e. The number of carbonyl (C=O) groups excluding carboxylic acids is 1. The monoisotopic (exact) mass is 369 g/mol. The van der Waals surface area contributed by atoms with Gasteiger partial charge in [-0.25, -0.2) is 0 Å². The fourth-order valence-corrected chi connectivity index (χ4v) is 4.23. The number of hydrogen-bond acceptors (Lipinski definition) is 4. The average molecular weight is 369 g/mol. The molecule has 0 N–H and O–H groups in total. The number of ether oxygens (including phenoxy) is 2. The maximum absolute atomic E-state index is 13.5. The highest BCUT2D eigenvalue weighted by Gasteiger charge is 2.41. The molecular weight excluding hydrogens is 342 g/mol. The summed E-state index contributed by atoms with van der Waals surface area (Å²) < 4.78 is 14.0. The highest BCUT2D eigenvalue weighted by molar-refractivity contribution is 5.96. The van der Waals surface area contributed by atoms with Crippen molar-refractivity contribution in [1.82, 2.24) is 14.7 Å². The minimum atomic E-state index is -0.386. The van der Waals surface area contributed by atoms with Gasteiger partial charge < -0.3 is 14.4 Å². The highest BCUT2D eigenvalue weighted by Crippen LogP contribution is 2.35. The molecule has 0 unspecified atom stereocenters. The second-order valence-electron chi connectivity index (χ2n) is 7.53. The summed E-state index contributed by atoms with van der Waals surface area (Å²) in [5.41, 5.74) is 3.10. The molecule has 0 radical (unpaired) electrons. The Kier molecular flexibility index (Phi) is 4.68. The van der Waals surface area contributed by atoms with Gasteiger partial charge in [-0.05, 0) is 26.8 Å². The summed E-state index contributed by atoms with van der Waals surface area (Å²) in [4.78, 5) is 15.5. The van der Waals surface area contributed by atoms with Crippen molar-refractivity contribution in [3.63, 3.8) is 0 Å². The van der Waals surface area contributed by atoms with Crippen LogP contribution < -0.4 is 4.74 Å². The van der Waals surface area contributed by atoms with Crippen LogP contribution in [-0.2, 0) is 17.8 Å². The van der Waals surface area contributed by atoms with Crippen LogP contribution in [0.1, 0.15) is 47.1 Å². The molecule has 6 nitrogen and oxygen atoms in total. The number of para-hydroxylation sites is 1. The van der Waals surface area contributed by atoms with Crippen molar-refractivity contribution in [2.75, 3.05) is 19.8 Å². The normalized spacial score (nSPS) is 18.7. The SMILES string of the molecule is CCn1nc(C)c(C(=O)N2Cc3ccccc3OC3(CCOCC3)C2)c1C. The Hall–Kier alpha value is -2.34. The van der Waals surface area contributed by atoms with E-state index in [1.807, 2.05) is 54.6 Å². The van der Waals surface area contributed by atoms with Crippen LogP contribution in [0.4, 0.5) is 0 Å². The Morgan fingerprint density at radius 2 is 1.96 bits per heavy atom. The van der Waals surface area contributed by atoms with Crippen LogP contribution in [0.2, 0.25) is 0 Å². The summed E-state index contributed by atoms with van der Waals surface area (Å²) in [7, 11) is 0. The van der Waals surface area contributed by atoms with E-state index in [9.17, 15) is 4.79 Å². The van der Waals surface area contributed by atoms with E-state index in [2.05, 4.69) is 5.10 Å². The molecule has 6 heteroatoms. The van der Waals surface area contributed by atoms with Gasteiger partial charge in [-0.1, -0.05) is 18.2 Å². The number of hydrogen-bond donors (Lipinski definition) is 0. The Labute approximate surface area is 160 Å². The third-order valence-electron chi connectivity index (χ3n) is 5.73. The van der Waals surface area contributed by atoms with Gasteiger partial charge in [-0.3, -0.25) is 9.48 Å². The first-order valence-corrected chi connectivity index (χ1v) is 9.71. The number of aryl methyl sites for hydroxylation is 2. The van der Waals surface area contributed by atoms with Gasteiger partial charge >= 0.3 is 0 Å². The van der Waals surface area contributed by atoms with Crippen molar-refractivity contribution >= 4 is 5.91 Å². The van der Waals surface area contributed by atoms with E-state index in [4.69, 9.17) is 9.47 Å². The summed E-state index contributed by atoms with van der Waals surface area (Å²) in [5, 5.41) is 4.53. The number of benzene rings is 1. The van der Waals surface area contributed by atoms with E-state index in [-0.39, 0.29) is 11.5 Å². The second-order valence-corrected chi connectivity index (χ2v) is 7.53. The minimum absolute atomic E-state index is 0.0378. The zero-order valence-corrected chi connectivity index (χ0v) is 16.3. The lowest BCUT2D eigenvalue weighted by Crippen LogP contribution is -2.51. The molecule has 1 amide bonds. The number of fused-ring (bicyclic) bond motifs is 1. The molecule has 1 aromatic heterocycles. The van der Waals surface area contributed by atoms with E-state index >= 15 is 0 Å². The third-order valence-corrected chi connectivity index (χ3v) is 5.73. The summed E-state index contributed by atoms with van der Waals surface area (Å²) in [6.45, 7) is 9.13. The van der Waals surface area contributed by atoms with Crippen LogP contribution in [-0.4, -0.2) is 45.9 Å². The Bertz CT molecular complexity index is 852. The van der Waals surface area contributed by atoms with Gasteiger partial charge in [-0.2, -0.15) is 5.10 Å². The minimum Gasteiger partial charge on any atom is -0.485 e. The smallest absolute Gasteiger partial charge is 0.258 e. The van der Waals surface area contributed by atoms with Gasteiger partial charge in [0.15, 0.2) is 0 Å². The molecule has 27 heavy (non-hydrogen) atoms. The standard InChI is InChI=1S/C21H27N3O3/c1-4-24-16(3)19(15(2)22-24)20(25)23-13-17-7-5-6-8-18(17)27-21(14-23)9-11-26-12-10-21/h5-8H,4,9-14H2,1-3H3. The quantitative estimate of drug-likeness (QED) is 0.816. The van der Waals surface area contributed by atoms with Crippen LogP contribution in [0.25, 0.3) is 0 Å². The molecule has 0 bridgehead atoms. The van der Waals surface area contributed by atoms with Crippen LogP contribution in [0.15, 0.2) is 24.3 Å². The molecule has 1 spiro atoms. The van der Waals surface area contributed by atoms with Gasteiger partial charge in [0.25, 0.3) is 5.91 Å². The second kappa shape index (κ2) is 7.00. The predicted octanol–water partition coefficient (Wildman–Crippen LogP) is 3.10. The molecule has 2 aliphatic rings. The molecule has 1 aromatic carbocycles. The van der Waals surface area contributed by atoms with Gasteiger partial charge in [0.2, 0.25) is 0 Å². The third kappa shape index (κ3) is 3.23. The van der Waals surface area contributed by atoms with Crippen molar-refractivity contribution in [2.24, 2.45) is 0 Å². The highest BCUT2D eigenvalue weighted by atomic mass is 16.5. The maximum Gasteiger partial charge on any atom is 0.258 e. The summed E-state index contributed by atoms with van der Waals surface area (Å²) in [5.74, 6) is 0.920. The topological polar surface area (TPSA) is 56.6 Å². The van der Waals surface area contributed by atoms with E-state index in [1.165, 1.54) is 0 Å². The van der Waals surface area contributed by atoms with E-state index in [0.29, 0.717) is 26.3 Å². The molecule has 0 aliphatic carbocycles. The number of amides is 1. The van der Waals surface area contributed by atoms with E-state index in [1.54, 1.807) is 0 Å². The van der Waals surface area contributed by atoms with Crippen LogP contribution >= 0.6 is 0 Å². The fraction of sp³-hybridized carbons (Fsp3) is 0.524. The first-order chi connectivity index (χ1) is 13.0. The van der Waals surface area contributed by atoms with Gasteiger partial charge in [0.05, 0.1) is 31.0 Å². The predicted molar refractivity (Wildman–Crippen MR) is 102 cm³/mol. The lowest BCUT2D eigenvalue weighted by molar-refractivity contribution is -0.0551. The molecule has 3 heterocycles. The van der Waals surface area contributed by atoms with Crippen molar-refractivity contribution < 1.29 is 14.3 Å². The maximum atomic E-state index is 13.5. The molecule has 144 valence electrons. The Morgan fingerprint density at radius 3 is 2.67 bits per heavy atom. The zero-order chi connectivity index (χ0) is 19.0. The lowest BCUT2D eigenvalue weighted by Gasteiger charge is -2.39. The summed E-state index contributed by atoms with van der Waals surface area (Å²) >= 11 is 0. The van der Waals surface area contributed by atoms with Gasteiger partial charge in [-0.15, -0.1) is 0 Å². The number of aromatic nitrogens is 2. The van der Waals surface area contributed by atoms with Crippen molar-refractivity contribution in [3.8, 4) is 5.75 Å². The van der Waals surface area contributed by atoms with Crippen molar-refractivity contribution in [2.45, 2.75) is 52.3 Å². The van der Waals surface area contributed by atoms with E-state index in [0.717, 1.165) is 47.7 Å². The van der Waals surface area contributed by atoms with Gasteiger partial charge in [0.1, 0.15) is 11.4 Å². The molecule has 2 aromatic rings. The first kappa shape index (κ1) is 18.0. The molecule has 4 rings (SSSR count). The van der Waals surface area contributed by atoms with Crippen LogP contribution in [0, 0.1) is 13.8 Å². The Balaban J connectivity index is 1.73. The molecule has 1 fully saturated rings. The van der Waals surface area contributed by atoms with E-state index < -0.39 is 0 Å². The molecule has 0 atom stereocenters. The number of carbonyl (C=O) groups is 1. The van der Waals surface area contributed by atoms with Crippen molar-refractivity contribution in [1.29, 1.82) is 0 Å². The molecule has 0 saturated carbocycles. The molecule has 2 aliphatic heterocycles. The summed E-state index contributed by atoms with van der Waals surface area (Å²) in [6.07, 6.45) is 1.58. The first-order valence-electron chi connectivity index (χ1n) is 9.71. The molecule has 1 saturated heterocycles. The zero-order valence-electron chi connectivity index (χ0n) is 16.3. The summed E-state index contributed by atoms with van der Waals surface area (Å²) in [6, 6.07) is 8.04. The van der Waals surface area contributed by atoms with Gasteiger partial charge in [0, 0.05) is 37.2 Å².